The molecule has 1 aromatic heterocycles. The molecule has 2 aromatic carbocycles. The van der Waals surface area contributed by atoms with Crippen LogP contribution in [0.2, 0.25) is 0 Å². The first kappa shape index (κ1) is 21.7. The van der Waals surface area contributed by atoms with Crippen LogP contribution in [-0.2, 0) is 22.7 Å². The number of rotatable bonds is 5. The quantitative estimate of drug-likeness (QED) is 0.537. The summed E-state index contributed by atoms with van der Waals surface area (Å²) in [5.41, 5.74) is 5.35. The predicted octanol–water partition coefficient (Wildman–Crippen LogP) is 5.22. The highest BCUT2D eigenvalue weighted by Gasteiger charge is 2.29. The Hall–Kier alpha value is -2.16. The van der Waals surface area contributed by atoms with Crippen LogP contribution in [0.1, 0.15) is 40.7 Å². The summed E-state index contributed by atoms with van der Waals surface area (Å²) >= 11 is 2.89. The fourth-order valence-corrected chi connectivity index (χ4v) is 8.65. The summed E-state index contributed by atoms with van der Waals surface area (Å²) in [5.74, 6) is 0.175. The van der Waals surface area contributed by atoms with Crippen LogP contribution >= 0.6 is 23.1 Å². The maximum absolute atomic E-state index is 13.0. The van der Waals surface area contributed by atoms with E-state index in [-0.39, 0.29) is 22.7 Å². The molecule has 32 heavy (non-hydrogen) atoms. The fourth-order valence-electron chi connectivity index (χ4n) is 4.31. The molecule has 0 unspecified atom stereocenters. The molecular weight excluding hydrogens is 460 g/mol. The van der Waals surface area contributed by atoms with Gasteiger partial charge in [0.1, 0.15) is 0 Å². The minimum atomic E-state index is -2.96. The van der Waals surface area contributed by atoms with E-state index in [0.717, 1.165) is 29.0 Å². The van der Waals surface area contributed by atoms with E-state index in [9.17, 15) is 13.2 Å². The second-order valence-corrected chi connectivity index (χ2v) is 12.8. The number of amides is 1. The number of carbonyl (C=O) groups is 1. The van der Waals surface area contributed by atoms with Gasteiger partial charge in [0.05, 0.1) is 22.8 Å². The fraction of sp³-hybridized carbons (Fsp3) is 0.333. The molecule has 0 radical (unpaired) electrons. The smallest absolute Gasteiger partial charge is 0.258 e. The summed E-state index contributed by atoms with van der Waals surface area (Å²) in [5, 5.41) is 5.46. The van der Waals surface area contributed by atoms with Gasteiger partial charge in [0.15, 0.2) is 15.0 Å². The molecule has 2 aliphatic rings. The summed E-state index contributed by atoms with van der Waals surface area (Å²) < 4.78 is 23.6. The van der Waals surface area contributed by atoms with Gasteiger partial charge < -0.3 is 0 Å². The van der Waals surface area contributed by atoms with Crippen LogP contribution in [0.5, 0.6) is 0 Å². The number of fused-ring (bicyclic) bond motifs is 1. The Morgan fingerprint density at radius 2 is 1.91 bits per heavy atom. The van der Waals surface area contributed by atoms with Crippen molar-refractivity contribution in [2.75, 3.05) is 16.8 Å². The summed E-state index contributed by atoms with van der Waals surface area (Å²) in [6.07, 6.45) is 5.39. The number of aromatic nitrogens is 1. The van der Waals surface area contributed by atoms with Gasteiger partial charge in [-0.15, -0.1) is 23.1 Å². The molecule has 1 fully saturated rings. The Balaban J connectivity index is 1.31. The highest BCUT2D eigenvalue weighted by molar-refractivity contribution is 8.02. The van der Waals surface area contributed by atoms with E-state index in [2.05, 4.69) is 28.5 Å². The van der Waals surface area contributed by atoms with E-state index in [1.54, 1.807) is 6.07 Å². The van der Waals surface area contributed by atoms with Crippen LogP contribution < -0.4 is 5.32 Å². The van der Waals surface area contributed by atoms with Crippen molar-refractivity contribution in [2.24, 2.45) is 0 Å². The number of thioether (sulfide) groups is 1. The molecule has 166 valence electrons. The van der Waals surface area contributed by atoms with Gasteiger partial charge in [-0.2, -0.15) is 0 Å². The van der Waals surface area contributed by atoms with Crippen LogP contribution in [0.15, 0.2) is 52.7 Å². The Bertz CT molecular complexity index is 1270. The topological polar surface area (TPSA) is 76.1 Å². The maximum atomic E-state index is 13.0. The standard InChI is InChI=1S/C24H24N2O3S3/c27-23(20-7-3-4-8-22(20)31-19-11-12-32(28,29)15-19)26-24-25-21(14-30-24)18-10-9-16-5-1-2-6-17(16)13-18/h3-4,7-10,13-14,19H,1-2,5-6,11-12,15H2,(H,25,26,27)/t19-/m1/s1. The number of nitrogens with zero attached hydrogens (tertiary/aromatic N) is 1. The zero-order chi connectivity index (χ0) is 22.1. The minimum absolute atomic E-state index is 0.00979. The van der Waals surface area contributed by atoms with Crippen molar-refractivity contribution in [2.45, 2.75) is 42.2 Å². The van der Waals surface area contributed by atoms with E-state index in [1.165, 1.54) is 47.1 Å². The molecule has 0 saturated carbocycles. The van der Waals surface area contributed by atoms with Crippen molar-refractivity contribution in [1.29, 1.82) is 0 Å². The Labute approximate surface area is 196 Å². The molecule has 1 aliphatic heterocycles. The summed E-state index contributed by atoms with van der Waals surface area (Å²) in [6, 6.07) is 13.9. The molecule has 1 atom stereocenters. The second kappa shape index (κ2) is 9.00. The lowest BCUT2D eigenvalue weighted by atomic mass is 9.90. The van der Waals surface area contributed by atoms with Crippen LogP contribution in [-0.4, -0.2) is 36.1 Å². The number of thiazole rings is 1. The van der Waals surface area contributed by atoms with Crippen molar-refractivity contribution in [3.05, 3.63) is 64.5 Å². The summed E-state index contributed by atoms with van der Waals surface area (Å²) in [7, 11) is -2.96. The molecule has 3 aromatic rings. The van der Waals surface area contributed by atoms with Gasteiger partial charge in [-0.1, -0.05) is 24.3 Å². The summed E-state index contributed by atoms with van der Waals surface area (Å²) in [4.78, 5) is 18.4. The van der Waals surface area contributed by atoms with Crippen LogP contribution in [0.4, 0.5) is 5.13 Å². The zero-order valence-electron chi connectivity index (χ0n) is 17.5. The zero-order valence-corrected chi connectivity index (χ0v) is 20.0. The molecular formula is C24H24N2O3S3. The van der Waals surface area contributed by atoms with E-state index in [1.807, 2.05) is 23.6 Å². The Kier molecular flexibility index (Phi) is 6.09. The van der Waals surface area contributed by atoms with E-state index in [0.29, 0.717) is 17.1 Å². The lowest BCUT2D eigenvalue weighted by Gasteiger charge is -2.16. The normalized spacial score (nSPS) is 19.4. The number of aryl methyl sites for hydroxylation is 2. The lowest BCUT2D eigenvalue weighted by molar-refractivity contribution is 0.102. The maximum Gasteiger partial charge on any atom is 0.258 e. The average molecular weight is 485 g/mol. The van der Waals surface area contributed by atoms with Crippen molar-refractivity contribution >= 4 is 44.0 Å². The van der Waals surface area contributed by atoms with Gasteiger partial charge >= 0.3 is 0 Å². The predicted molar refractivity (Wildman–Crippen MR) is 132 cm³/mol. The Morgan fingerprint density at radius 1 is 1.09 bits per heavy atom. The van der Waals surface area contributed by atoms with Gasteiger partial charge in [0.25, 0.3) is 5.91 Å². The first-order valence-corrected chi connectivity index (χ1v) is 14.4. The van der Waals surface area contributed by atoms with Crippen molar-refractivity contribution in [1.82, 2.24) is 4.98 Å². The molecule has 5 rings (SSSR count). The van der Waals surface area contributed by atoms with Gasteiger partial charge in [0, 0.05) is 21.1 Å². The van der Waals surface area contributed by atoms with Crippen molar-refractivity contribution in [3.63, 3.8) is 0 Å². The van der Waals surface area contributed by atoms with Gasteiger partial charge in [0.2, 0.25) is 0 Å². The van der Waals surface area contributed by atoms with Gasteiger partial charge in [-0.05, 0) is 61.4 Å². The molecule has 8 heteroatoms. The number of benzene rings is 2. The SMILES string of the molecule is O=C(Nc1nc(-c2ccc3c(c2)CCCC3)cs1)c1ccccc1S[C@@H]1CCS(=O)(=O)C1. The third-order valence-corrected chi connectivity index (χ3v) is 10.1. The summed E-state index contributed by atoms with van der Waals surface area (Å²) in [6.45, 7) is 0. The van der Waals surface area contributed by atoms with Gasteiger partial charge in [-0.3, -0.25) is 10.1 Å². The van der Waals surface area contributed by atoms with E-state index >= 15 is 0 Å². The van der Waals surface area contributed by atoms with Crippen LogP contribution in [0, 0.1) is 0 Å². The number of sulfone groups is 1. The second-order valence-electron chi connectivity index (χ2n) is 8.32. The Morgan fingerprint density at radius 3 is 2.72 bits per heavy atom. The third kappa shape index (κ3) is 4.77. The average Bonchev–Trinajstić information content (AvgIpc) is 3.39. The number of hydrogen-bond donors (Lipinski definition) is 1. The number of hydrogen-bond acceptors (Lipinski definition) is 6. The lowest BCUT2D eigenvalue weighted by Crippen LogP contribution is -2.14. The van der Waals surface area contributed by atoms with Crippen LogP contribution in [0.25, 0.3) is 11.3 Å². The largest absolute Gasteiger partial charge is 0.298 e. The molecule has 1 aliphatic carbocycles. The number of anilines is 1. The molecule has 1 saturated heterocycles. The van der Waals surface area contributed by atoms with Gasteiger partial charge in [-0.25, -0.2) is 13.4 Å². The molecule has 0 spiro atoms. The number of nitrogens with one attached hydrogen (secondary N) is 1. The highest BCUT2D eigenvalue weighted by atomic mass is 32.2. The molecule has 2 heterocycles. The molecule has 1 amide bonds. The van der Waals surface area contributed by atoms with Crippen molar-refractivity contribution < 1.29 is 13.2 Å². The minimum Gasteiger partial charge on any atom is -0.298 e. The molecule has 1 N–H and O–H groups in total. The van der Waals surface area contributed by atoms with Crippen molar-refractivity contribution in [3.8, 4) is 11.3 Å². The van der Waals surface area contributed by atoms with E-state index in [4.69, 9.17) is 0 Å². The first-order valence-electron chi connectivity index (χ1n) is 10.8. The molecule has 5 nitrogen and oxygen atoms in total. The van der Waals surface area contributed by atoms with Crippen LogP contribution in [0.3, 0.4) is 0 Å². The van der Waals surface area contributed by atoms with E-state index < -0.39 is 9.84 Å². The monoisotopic (exact) mass is 484 g/mol. The molecule has 0 bridgehead atoms. The third-order valence-electron chi connectivity index (χ3n) is 5.98. The highest BCUT2D eigenvalue weighted by Crippen LogP contribution is 2.34. The number of carbonyl (C=O) groups excluding carboxylic acids is 1. The first-order chi connectivity index (χ1) is 15.5.